The highest BCUT2D eigenvalue weighted by atomic mass is 19.1. The molecule has 3 nitrogen and oxygen atoms in total. The van der Waals surface area contributed by atoms with Crippen molar-refractivity contribution in [2.75, 3.05) is 20.1 Å². The third-order valence-corrected chi connectivity index (χ3v) is 3.69. The molecule has 1 saturated heterocycles. The maximum atomic E-state index is 14.1. The van der Waals surface area contributed by atoms with E-state index in [1.165, 1.54) is 0 Å². The van der Waals surface area contributed by atoms with Crippen molar-refractivity contribution in [1.29, 1.82) is 0 Å². The lowest BCUT2D eigenvalue weighted by Crippen LogP contribution is -2.43. The van der Waals surface area contributed by atoms with E-state index in [-0.39, 0.29) is 17.5 Å². The molecule has 0 amide bonds. The van der Waals surface area contributed by atoms with Crippen LogP contribution in [0.1, 0.15) is 37.8 Å². The summed E-state index contributed by atoms with van der Waals surface area (Å²) in [7, 11) is 1.91. The second kappa shape index (κ2) is 5.22. The van der Waals surface area contributed by atoms with Crippen molar-refractivity contribution in [2.24, 2.45) is 0 Å². The lowest BCUT2D eigenvalue weighted by Gasteiger charge is -2.33. The molecule has 1 fully saturated rings. The molecular formula is C14H21FN2O. The third-order valence-electron chi connectivity index (χ3n) is 3.69. The average molecular weight is 252 g/mol. The Hall–Kier alpha value is -1.16. The first kappa shape index (κ1) is 13.3. The molecule has 1 aromatic heterocycles. The van der Waals surface area contributed by atoms with Gasteiger partial charge in [0.25, 0.3) is 5.56 Å². The number of hydrogen-bond donors (Lipinski definition) is 0. The van der Waals surface area contributed by atoms with Crippen molar-refractivity contribution in [3.8, 4) is 0 Å². The molecule has 0 unspecified atom stereocenters. The van der Waals surface area contributed by atoms with Gasteiger partial charge >= 0.3 is 0 Å². The minimum Gasteiger partial charge on any atom is -0.309 e. The molecule has 0 aromatic carbocycles. The topological polar surface area (TPSA) is 25.2 Å². The van der Waals surface area contributed by atoms with Crippen molar-refractivity contribution in [3.63, 3.8) is 0 Å². The van der Waals surface area contributed by atoms with Gasteiger partial charge < -0.3 is 9.47 Å². The molecule has 4 heteroatoms. The zero-order valence-corrected chi connectivity index (χ0v) is 11.3. The molecule has 0 saturated carbocycles. The summed E-state index contributed by atoms with van der Waals surface area (Å²) < 4.78 is 15.7. The Bertz CT molecular complexity index is 469. The SMILES string of the molecule is CC(C)c1cccn([C@@H]2CCN(C)C[C@@H]2F)c1=O. The number of nitrogens with zero attached hydrogens (tertiary/aromatic N) is 2. The monoisotopic (exact) mass is 252 g/mol. The summed E-state index contributed by atoms with van der Waals surface area (Å²) >= 11 is 0. The van der Waals surface area contributed by atoms with Crippen LogP contribution in [-0.2, 0) is 0 Å². The summed E-state index contributed by atoms with van der Waals surface area (Å²) in [5.74, 6) is 0.175. The first-order valence-corrected chi connectivity index (χ1v) is 6.54. The highest BCUT2D eigenvalue weighted by molar-refractivity contribution is 5.15. The molecule has 0 bridgehead atoms. The van der Waals surface area contributed by atoms with Gasteiger partial charge in [0.1, 0.15) is 6.17 Å². The van der Waals surface area contributed by atoms with E-state index in [1.807, 2.05) is 37.9 Å². The number of halogens is 1. The Morgan fingerprint density at radius 3 is 2.78 bits per heavy atom. The summed E-state index contributed by atoms with van der Waals surface area (Å²) in [6.07, 6.45) is 1.44. The first-order valence-electron chi connectivity index (χ1n) is 6.54. The van der Waals surface area contributed by atoms with E-state index in [4.69, 9.17) is 0 Å². The number of piperidine rings is 1. The van der Waals surface area contributed by atoms with Crippen LogP contribution in [0.25, 0.3) is 0 Å². The predicted octanol–water partition coefficient (Wildman–Crippen LogP) is 2.19. The van der Waals surface area contributed by atoms with Crippen molar-refractivity contribution < 1.29 is 4.39 Å². The smallest absolute Gasteiger partial charge is 0.254 e. The molecule has 2 rings (SSSR count). The van der Waals surface area contributed by atoms with Gasteiger partial charge in [-0.2, -0.15) is 0 Å². The Morgan fingerprint density at radius 2 is 2.17 bits per heavy atom. The lowest BCUT2D eigenvalue weighted by atomic mass is 10.0. The van der Waals surface area contributed by atoms with E-state index >= 15 is 0 Å². The van der Waals surface area contributed by atoms with E-state index in [1.54, 1.807) is 10.8 Å². The Balaban J connectivity index is 2.34. The van der Waals surface area contributed by atoms with Gasteiger partial charge in [0.2, 0.25) is 0 Å². The maximum absolute atomic E-state index is 14.1. The fourth-order valence-electron chi connectivity index (χ4n) is 2.59. The first-order chi connectivity index (χ1) is 8.50. The van der Waals surface area contributed by atoms with E-state index in [9.17, 15) is 9.18 Å². The van der Waals surface area contributed by atoms with Crippen molar-refractivity contribution in [1.82, 2.24) is 9.47 Å². The van der Waals surface area contributed by atoms with Crippen LogP contribution in [0.5, 0.6) is 0 Å². The minimum absolute atomic E-state index is 0.0373. The molecular weight excluding hydrogens is 231 g/mol. The highest BCUT2D eigenvalue weighted by Gasteiger charge is 2.29. The molecule has 18 heavy (non-hydrogen) atoms. The van der Waals surface area contributed by atoms with Crippen molar-refractivity contribution in [2.45, 2.75) is 38.4 Å². The van der Waals surface area contributed by atoms with Crippen molar-refractivity contribution in [3.05, 3.63) is 34.2 Å². The van der Waals surface area contributed by atoms with E-state index in [0.29, 0.717) is 13.0 Å². The van der Waals surface area contributed by atoms with Gasteiger partial charge in [0.15, 0.2) is 0 Å². The molecule has 0 N–H and O–H groups in total. The van der Waals surface area contributed by atoms with Crippen molar-refractivity contribution >= 4 is 0 Å². The second-order valence-electron chi connectivity index (χ2n) is 5.46. The number of hydrogen-bond acceptors (Lipinski definition) is 2. The van der Waals surface area contributed by atoms with Crippen LogP contribution in [0.4, 0.5) is 4.39 Å². The van der Waals surface area contributed by atoms with Crippen LogP contribution in [-0.4, -0.2) is 35.8 Å². The van der Waals surface area contributed by atoms with Gasteiger partial charge in [0.05, 0.1) is 6.04 Å². The van der Waals surface area contributed by atoms with E-state index in [2.05, 4.69) is 0 Å². The summed E-state index contributed by atoms with van der Waals surface area (Å²) in [6, 6.07) is 3.38. The van der Waals surface area contributed by atoms with Crippen LogP contribution >= 0.6 is 0 Å². The quantitative estimate of drug-likeness (QED) is 0.806. The number of likely N-dealkylation sites (tertiary alicyclic amines) is 1. The fourth-order valence-corrected chi connectivity index (χ4v) is 2.59. The van der Waals surface area contributed by atoms with Gasteiger partial charge in [-0.15, -0.1) is 0 Å². The molecule has 2 heterocycles. The molecule has 1 aromatic rings. The average Bonchev–Trinajstić information content (AvgIpc) is 2.30. The molecule has 0 aliphatic carbocycles. The Morgan fingerprint density at radius 1 is 1.44 bits per heavy atom. The van der Waals surface area contributed by atoms with E-state index in [0.717, 1.165) is 12.1 Å². The molecule has 2 atom stereocenters. The number of rotatable bonds is 2. The van der Waals surface area contributed by atoms with Gasteiger partial charge in [-0.05, 0) is 25.5 Å². The van der Waals surface area contributed by atoms with Gasteiger partial charge in [0, 0.05) is 24.8 Å². The molecule has 1 aliphatic heterocycles. The summed E-state index contributed by atoms with van der Waals surface area (Å²) in [5, 5.41) is 0. The Kier molecular flexibility index (Phi) is 3.85. The molecule has 0 spiro atoms. The zero-order chi connectivity index (χ0) is 13.3. The van der Waals surface area contributed by atoms with Crippen LogP contribution in [0, 0.1) is 0 Å². The zero-order valence-electron chi connectivity index (χ0n) is 11.3. The maximum Gasteiger partial charge on any atom is 0.254 e. The van der Waals surface area contributed by atoms with Crippen LogP contribution in [0.3, 0.4) is 0 Å². The summed E-state index contributed by atoms with van der Waals surface area (Å²) in [6.45, 7) is 5.22. The van der Waals surface area contributed by atoms with Crippen LogP contribution < -0.4 is 5.56 Å². The number of alkyl halides is 1. The summed E-state index contributed by atoms with van der Waals surface area (Å²) in [5.41, 5.74) is 0.730. The predicted molar refractivity (Wildman–Crippen MR) is 70.8 cm³/mol. The minimum atomic E-state index is -0.969. The number of pyridine rings is 1. The lowest BCUT2D eigenvalue weighted by molar-refractivity contribution is 0.105. The molecule has 0 radical (unpaired) electrons. The largest absolute Gasteiger partial charge is 0.309 e. The third kappa shape index (κ3) is 2.48. The standard InChI is InChI=1S/C14H21FN2O/c1-10(2)11-5-4-7-17(14(11)18)13-6-8-16(3)9-12(13)15/h4-5,7,10,12-13H,6,8-9H2,1-3H3/t12-,13+/m0/s1. The molecule has 100 valence electrons. The Labute approximate surface area is 107 Å². The van der Waals surface area contributed by atoms with Gasteiger partial charge in [-0.3, -0.25) is 4.79 Å². The van der Waals surface area contributed by atoms with E-state index < -0.39 is 6.17 Å². The van der Waals surface area contributed by atoms with Crippen LogP contribution in [0.15, 0.2) is 23.1 Å². The highest BCUT2D eigenvalue weighted by Crippen LogP contribution is 2.24. The van der Waals surface area contributed by atoms with Gasteiger partial charge in [-0.1, -0.05) is 19.9 Å². The molecule has 1 aliphatic rings. The van der Waals surface area contributed by atoms with Gasteiger partial charge in [-0.25, -0.2) is 4.39 Å². The second-order valence-corrected chi connectivity index (χ2v) is 5.46. The normalized spacial score (nSPS) is 25.6. The fraction of sp³-hybridized carbons (Fsp3) is 0.643. The van der Waals surface area contributed by atoms with Crippen LogP contribution in [0.2, 0.25) is 0 Å². The summed E-state index contributed by atoms with van der Waals surface area (Å²) in [4.78, 5) is 14.3. The number of aromatic nitrogens is 1.